The van der Waals surface area contributed by atoms with Crippen molar-refractivity contribution < 1.29 is 9.53 Å². The van der Waals surface area contributed by atoms with Crippen LogP contribution in [0.5, 0.6) is 0 Å². The zero-order valence-corrected chi connectivity index (χ0v) is 13.5. The van der Waals surface area contributed by atoms with Gasteiger partial charge in [-0.2, -0.15) is 0 Å². The molecule has 1 heterocycles. The molecule has 0 bridgehead atoms. The fourth-order valence-electron chi connectivity index (χ4n) is 1.39. The number of halogens is 1. The first-order valence-corrected chi connectivity index (χ1v) is 8.21. The van der Waals surface area contributed by atoms with E-state index in [2.05, 4.69) is 37.8 Å². The van der Waals surface area contributed by atoms with Crippen LogP contribution in [0.3, 0.4) is 0 Å². The quantitative estimate of drug-likeness (QED) is 0.600. The van der Waals surface area contributed by atoms with E-state index in [4.69, 9.17) is 0 Å². The maximum atomic E-state index is 11.1. The maximum absolute atomic E-state index is 11.1. The number of ether oxygens (including phenoxy) is 1. The van der Waals surface area contributed by atoms with Gasteiger partial charge in [-0.15, -0.1) is 23.1 Å². The van der Waals surface area contributed by atoms with Crippen LogP contribution in [0.25, 0.3) is 0 Å². The van der Waals surface area contributed by atoms with Crippen molar-refractivity contribution in [2.75, 3.05) is 7.11 Å². The highest BCUT2D eigenvalue weighted by Gasteiger charge is 2.07. The SMILES string of the molecule is COC(=O)Cc1csc(CSc2ccc(Br)cc2)n1. The number of carbonyl (C=O) groups is 1. The largest absolute Gasteiger partial charge is 0.469 e. The number of rotatable bonds is 5. The lowest BCUT2D eigenvalue weighted by Crippen LogP contribution is -2.04. The second-order valence-electron chi connectivity index (χ2n) is 3.73. The third-order valence-electron chi connectivity index (χ3n) is 2.33. The number of thiazole rings is 1. The van der Waals surface area contributed by atoms with Crippen molar-refractivity contribution in [3.8, 4) is 0 Å². The first-order chi connectivity index (χ1) is 9.17. The van der Waals surface area contributed by atoms with Crippen LogP contribution in [0, 0.1) is 0 Å². The minimum Gasteiger partial charge on any atom is -0.469 e. The maximum Gasteiger partial charge on any atom is 0.311 e. The average molecular weight is 358 g/mol. The van der Waals surface area contributed by atoms with Crippen molar-refractivity contribution in [1.82, 2.24) is 4.98 Å². The number of methoxy groups -OCH3 is 1. The van der Waals surface area contributed by atoms with Crippen molar-refractivity contribution >= 4 is 45.0 Å². The van der Waals surface area contributed by atoms with Crippen LogP contribution in [0.2, 0.25) is 0 Å². The Morgan fingerprint density at radius 2 is 2.16 bits per heavy atom. The van der Waals surface area contributed by atoms with E-state index in [1.807, 2.05) is 17.5 Å². The van der Waals surface area contributed by atoms with E-state index in [-0.39, 0.29) is 12.4 Å². The molecule has 100 valence electrons. The van der Waals surface area contributed by atoms with E-state index >= 15 is 0 Å². The van der Waals surface area contributed by atoms with Gasteiger partial charge >= 0.3 is 5.97 Å². The predicted molar refractivity (Wildman–Crippen MR) is 81.5 cm³/mol. The molecule has 0 amide bonds. The summed E-state index contributed by atoms with van der Waals surface area (Å²) in [6, 6.07) is 8.18. The summed E-state index contributed by atoms with van der Waals surface area (Å²) in [5.41, 5.74) is 0.781. The molecule has 0 aliphatic carbocycles. The molecule has 0 fully saturated rings. The van der Waals surface area contributed by atoms with Crippen LogP contribution in [-0.4, -0.2) is 18.1 Å². The number of hydrogen-bond donors (Lipinski definition) is 0. The van der Waals surface area contributed by atoms with Gasteiger partial charge in [0, 0.05) is 14.7 Å². The molecule has 0 radical (unpaired) electrons. The second-order valence-corrected chi connectivity index (χ2v) is 6.64. The molecule has 2 aromatic rings. The lowest BCUT2D eigenvalue weighted by Gasteiger charge is -1.99. The normalized spacial score (nSPS) is 10.4. The van der Waals surface area contributed by atoms with Crippen LogP contribution in [0.4, 0.5) is 0 Å². The first kappa shape index (κ1) is 14.6. The number of esters is 1. The number of benzene rings is 1. The van der Waals surface area contributed by atoms with Crippen molar-refractivity contribution in [1.29, 1.82) is 0 Å². The van der Waals surface area contributed by atoms with Crippen LogP contribution < -0.4 is 0 Å². The molecular weight excluding hydrogens is 346 g/mol. The van der Waals surface area contributed by atoms with E-state index in [9.17, 15) is 4.79 Å². The molecule has 0 spiro atoms. The minimum atomic E-state index is -0.252. The van der Waals surface area contributed by atoms with Crippen LogP contribution >= 0.6 is 39.0 Å². The molecule has 2 rings (SSSR count). The average Bonchev–Trinajstić information content (AvgIpc) is 2.85. The fourth-order valence-corrected chi connectivity index (χ4v) is 3.37. The van der Waals surface area contributed by atoms with E-state index in [0.717, 1.165) is 20.9 Å². The highest BCUT2D eigenvalue weighted by molar-refractivity contribution is 9.10. The summed E-state index contributed by atoms with van der Waals surface area (Å²) < 4.78 is 5.70. The Bertz CT molecular complexity index is 554. The first-order valence-electron chi connectivity index (χ1n) is 5.56. The van der Waals surface area contributed by atoms with Gasteiger partial charge in [-0.1, -0.05) is 15.9 Å². The molecule has 1 aromatic heterocycles. The highest BCUT2D eigenvalue weighted by Crippen LogP contribution is 2.25. The van der Waals surface area contributed by atoms with E-state index in [0.29, 0.717) is 0 Å². The second kappa shape index (κ2) is 7.07. The van der Waals surface area contributed by atoms with Crippen LogP contribution in [0.15, 0.2) is 39.0 Å². The van der Waals surface area contributed by atoms with Gasteiger partial charge in [-0.25, -0.2) is 4.98 Å². The Labute approximate surface area is 128 Å². The standard InChI is InChI=1S/C13H12BrNO2S2/c1-17-13(16)6-10-7-19-12(15-10)8-18-11-4-2-9(14)3-5-11/h2-5,7H,6,8H2,1H3. The van der Waals surface area contributed by atoms with Gasteiger partial charge < -0.3 is 4.74 Å². The number of hydrogen-bond acceptors (Lipinski definition) is 5. The Morgan fingerprint density at radius 1 is 1.42 bits per heavy atom. The summed E-state index contributed by atoms with van der Waals surface area (Å²) in [7, 11) is 1.39. The van der Waals surface area contributed by atoms with Crippen molar-refractivity contribution in [3.63, 3.8) is 0 Å². The van der Waals surface area contributed by atoms with Crippen LogP contribution in [0.1, 0.15) is 10.7 Å². The highest BCUT2D eigenvalue weighted by atomic mass is 79.9. The zero-order chi connectivity index (χ0) is 13.7. The summed E-state index contributed by atoms with van der Waals surface area (Å²) in [4.78, 5) is 16.8. The molecule has 0 N–H and O–H groups in total. The monoisotopic (exact) mass is 357 g/mol. The summed E-state index contributed by atoms with van der Waals surface area (Å²) in [5, 5.41) is 2.93. The van der Waals surface area contributed by atoms with Gasteiger partial charge in [0.2, 0.25) is 0 Å². The Kier molecular flexibility index (Phi) is 5.42. The number of carbonyl (C=O) groups excluding carboxylic acids is 1. The number of thioether (sulfide) groups is 1. The fraction of sp³-hybridized carbons (Fsp3) is 0.231. The van der Waals surface area contributed by atoms with Crippen LogP contribution in [-0.2, 0) is 21.7 Å². The summed E-state index contributed by atoms with van der Waals surface area (Å²) in [6.07, 6.45) is 0.246. The summed E-state index contributed by atoms with van der Waals surface area (Å²) >= 11 is 6.72. The van der Waals surface area contributed by atoms with Gasteiger partial charge in [-0.3, -0.25) is 4.79 Å². The predicted octanol–water partition coefficient (Wildman–Crippen LogP) is 3.91. The van der Waals surface area contributed by atoms with Gasteiger partial charge in [0.05, 0.1) is 25.0 Å². The van der Waals surface area contributed by atoms with Crippen molar-refractivity contribution in [2.24, 2.45) is 0 Å². The minimum absolute atomic E-state index is 0.246. The molecule has 0 unspecified atom stereocenters. The van der Waals surface area contributed by atoms with Gasteiger partial charge in [0.15, 0.2) is 0 Å². The number of nitrogens with zero attached hydrogens (tertiary/aromatic N) is 1. The van der Waals surface area contributed by atoms with E-state index in [1.54, 1.807) is 23.1 Å². The topological polar surface area (TPSA) is 39.2 Å². The molecule has 19 heavy (non-hydrogen) atoms. The van der Waals surface area contributed by atoms with Crippen molar-refractivity contribution in [2.45, 2.75) is 17.1 Å². The zero-order valence-electron chi connectivity index (χ0n) is 10.3. The Hall–Kier alpha value is -0.850. The molecule has 3 nitrogen and oxygen atoms in total. The third-order valence-corrected chi connectivity index (χ3v) is 4.96. The summed E-state index contributed by atoms with van der Waals surface area (Å²) in [5.74, 6) is 0.561. The molecule has 0 saturated carbocycles. The molecule has 6 heteroatoms. The van der Waals surface area contributed by atoms with E-state index < -0.39 is 0 Å². The molecular formula is C13H12BrNO2S2. The summed E-state index contributed by atoms with van der Waals surface area (Å²) in [6.45, 7) is 0. The van der Waals surface area contributed by atoms with Gasteiger partial charge in [0.25, 0.3) is 0 Å². The van der Waals surface area contributed by atoms with E-state index in [1.165, 1.54) is 12.0 Å². The van der Waals surface area contributed by atoms with Gasteiger partial charge in [0.1, 0.15) is 5.01 Å². The number of aromatic nitrogens is 1. The Morgan fingerprint density at radius 3 is 2.84 bits per heavy atom. The third kappa shape index (κ3) is 4.63. The molecule has 0 aliphatic rings. The molecule has 0 saturated heterocycles. The molecule has 0 atom stereocenters. The van der Waals surface area contributed by atoms with Crippen molar-refractivity contribution in [3.05, 3.63) is 44.8 Å². The van der Waals surface area contributed by atoms with Gasteiger partial charge in [-0.05, 0) is 24.3 Å². The molecule has 0 aliphatic heterocycles. The Balaban J connectivity index is 1.89. The smallest absolute Gasteiger partial charge is 0.311 e. The lowest BCUT2D eigenvalue weighted by atomic mass is 10.3. The lowest BCUT2D eigenvalue weighted by molar-refractivity contribution is -0.139. The molecule has 1 aromatic carbocycles.